The van der Waals surface area contributed by atoms with Crippen LogP contribution in [0.5, 0.6) is 0 Å². The fraction of sp³-hybridized carbons (Fsp3) is 0.200. The summed E-state index contributed by atoms with van der Waals surface area (Å²) in [5, 5.41) is 9.63. The molecule has 0 aliphatic rings. The zero-order valence-corrected chi connectivity index (χ0v) is 17.0. The molecular formula is C20H20Cl2N4O2. The van der Waals surface area contributed by atoms with Crippen LogP contribution in [0.1, 0.15) is 37.8 Å². The fourth-order valence-electron chi connectivity index (χ4n) is 2.34. The number of hydrogen-bond donors (Lipinski definition) is 2. The molecule has 0 fully saturated rings. The highest BCUT2D eigenvalue weighted by Gasteiger charge is 2.10. The second kappa shape index (κ2) is 10.6. The van der Waals surface area contributed by atoms with Crippen molar-refractivity contribution in [3.8, 4) is 0 Å². The molecule has 0 atom stereocenters. The van der Waals surface area contributed by atoms with E-state index in [1.165, 1.54) is 13.8 Å². The number of nitrogens with zero attached hydrogens (tertiary/aromatic N) is 2. The number of benzene rings is 2. The summed E-state index contributed by atoms with van der Waals surface area (Å²) in [5.74, 6) is -0.535. The lowest BCUT2D eigenvalue weighted by molar-refractivity contribution is -0.119. The first-order valence-corrected chi connectivity index (χ1v) is 9.29. The molecule has 146 valence electrons. The molecule has 6 nitrogen and oxygen atoms in total. The first-order chi connectivity index (χ1) is 13.3. The molecule has 0 heterocycles. The third-order valence-corrected chi connectivity index (χ3v) is 4.15. The van der Waals surface area contributed by atoms with Crippen molar-refractivity contribution in [1.29, 1.82) is 0 Å². The Kier molecular flexibility index (Phi) is 8.17. The monoisotopic (exact) mass is 418 g/mol. The summed E-state index contributed by atoms with van der Waals surface area (Å²) in [7, 11) is 0. The van der Waals surface area contributed by atoms with Gasteiger partial charge in [0.25, 0.3) is 0 Å². The first-order valence-electron chi connectivity index (χ1n) is 8.53. The maximum atomic E-state index is 11.3. The van der Waals surface area contributed by atoms with E-state index in [-0.39, 0.29) is 11.8 Å². The number of carbonyl (C=O) groups is 2. The SMILES string of the molecule is CC(=O)N/N=C(\CC/C(=N\NC(C)=O)c1ccc(Cl)cc1)c1ccc(Cl)cc1. The lowest BCUT2D eigenvalue weighted by atomic mass is 10.0. The van der Waals surface area contributed by atoms with Gasteiger partial charge in [-0.25, -0.2) is 10.9 Å². The zero-order valence-electron chi connectivity index (χ0n) is 15.5. The number of rotatable bonds is 7. The third-order valence-electron chi connectivity index (χ3n) is 3.65. The van der Waals surface area contributed by atoms with Gasteiger partial charge in [-0.05, 0) is 48.2 Å². The molecule has 2 amide bonds. The van der Waals surface area contributed by atoms with Gasteiger partial charge in [-0.1, -0.05) is 47.5 Å². The normalized spacial score (nSPS) is 11.9. The average Bonchev–Trinajstić information content (AvgIpc) is 2.65. The van der Waals surface area contributed by atoms with Crippen molar-refractivity contribution in [3.63, 3.8) is 0 Å². The van der Waals surface area contributed by atoms with Crippen LogP contribution in [0, 0.1) is 0 Å². The van der Waals surface area contributed by atoms with Gasteiger partial charge in [0.05, 0.1) is 11.4 Å². The van der Waals surface area contributed by atoms with E-state index < -0.39 is 0 Å². The largest absolute Gasteiger partial charge is 0.274 e. The number of nitrogens with one attached hydrogen (secondary N) is 2. The van der Waals surface area contributed by atoms with Gasteiger partial charge in [0.2, 0.25) is 11.8 Å². The number of amides is 2. The van der Waals surface area contributed by atoms with Crippen LogP contribution < -0.4 is 10.9 Å². The van der Waals surface area contributed by atoms with E-state index in [4.69, 9.17) is 23.2 Å². The second-order valence-electron chi connectivity index (χ2n) is 5.97. The summed E-state index contributed by atoms with van der Waals surface area (Å²) in [6, 6.07) is 14.3. The Morgan fingerprint density at radius 2 is 1.04 bits per heavy atom. The summed E-state index contributed by atoms with van der Waals surface area (Å²) < 4.78 is 0. The van der Waals surface area contributed by atoms with Crippen LogP contribution in [-0.2, 0) is 9.59 Å². The van der Waals surface area contributed by atoms with E-state index in [2.05, 4.69) is 21.1 Å². The summed E-state index contributed by atoms with van der Waals surface area (Å²) in [6.45, 7) is 2.78. The van der Waals surface area contributed by atoms with Crippen LogP contribution in [-0.4, -0.2) is 23.2 Å². The van der Waals surface area contributed by atoms with Crippen molar-refractivity contribution in [1.82, 2.24) is 10.9 Å². The first kappa shape index (κ1) is 21.6. The van der Waals surface area contributed by atoms with Crippen LogP contribution in [0.25, 0.3) is 0 Å². The van der Waals surface area contributed by atoms with Gasteiger partial charge in [-0.3, -0.25) is 9.59 Å². The molecule has 0 spiro atoms. The Hall–Kier alpha value is -2.70. The Labute approximate surface area is 173 Å². The molecule has 2 aromatic rings. The van der Waals surface area contributed by atoms with Gasteiger partial charge in [0.1, 0.15) is 0 Å². The molecule has 28 heavy (non-hydrogen) atoms. The van der Waals surface area contributed by atoms with Crippen LogP contribution >= 0.6 is 23.2 Å². The summed E-state index contributed by atoms with van der Waals surface area (Å²) in [5.41, 5.74) is 7.92. The third kappa shape index (κ3) is 7.13. The van der Waals surface area contributed by atoms with Crippen LogP contribution in [0.3, 0.4) is 0 Å². The Morgan fingerprint density at radius 1 is 0.714 bits per heavy atom. The molecule has 2 rings (SSSR count). The number of carbonyl (C=O) groups excluding carboxylic acids is 2. The number of hydrazone groups is 2. The highest BCUT2D eigenvalue weighted by Crippen LogP contribution is 2.16. The van der Waals surface area contributed by atoms with E-state index in [1.807, 2.05) is 24.3 Å². The molecular weight excluding hydrogens is 399 g/mol. The van der Waals surface area contributed by atoms with E-state index in [9.17, 15) is 9.59 Å². The number of halogens is 2. The number of hydrogen-bond acceptors (Lipinski definition) is 4. The van der Waals surface area contributed by atoms with Gasteiger partial charge in [0.15, 0.2) is 0 Å². The Morgan fingerprint density at radius 3 is 1.32 bits per heavy atom. The Balaban J connectivity index is 2.26. The summed E-state index contributed by atoms with van der Waals surface area (Å²) in [4.78, 5) is 22.6. The second-order valence-corrected chi connectivity index (χ2v) is 6.84. The standard InChI is InChI=1S/C20H20Cl2N4O2/c1-13(27)23-25-19(15-3-7-17(21)8-4-15)11-12-20(26-24-14(2)28)16-5-9-18(22)10-6-16/h3-10H,11-12H2,1-2H3,(H,23,27)(H,24,28)/b25-19+,26-20+. The molecule has 0 aliphatic heterocycles. The molecule has 0 aliphatic carbocycles. The molecule has 8 heteroatoms. The lowest BCUT2D eigenvalue weighted by Gasteiger charge is -2.10. The van der Waals surface area contributed by atoms with Gasteiger partial charge in [-0.15, -0.1) is 0 Å². The fourth-order valence-corrected chi connectivity index (χ4v) is 2.60. The van der Waals surface area contributed by atoms with E-state index in [0.29, 0.717) is 34.3 Å². The average molecular weight is 419 g/mol. The lowest BCUT2D eigenvalue weighted by Crippen LogP contribution is -2.19. The van der Waals surface area contributed by atoms with E-state index in [1.54, 1.807) is 24.3 Å². The van der Waals surface area contributed by atoms with Crippen molar-refractivity contribution >= 4 is 46.4 Å². The van der Waals surface area contributed by atoms with Crippen molar-refractivity contribution in [2.45, 2.75) is 26.7 Å². The molecule has 0 aromatic heterocycles. The van der Waals surface area contributed by atoms with Gasteiger partial charge in [0, 0.05) is 23.9 Å². The topological polar surface area (TPSA) is 82.9 Å². The molecule has 0 bridgehead atoms. The molecule has 2 N–H and O–H groups in total. The van der Waals surface area contributed by atoms with E-state index in [0.717, 1.165) is 11.1 Å². The highest BCUT2D eigenvalue weighted by molar-refractivity contribution is 6.31. The van der Waals surface area contributed by atoms with Gasteiger partial charge in [-0.2, -0.15) is 10.2 Å². The summed E-state index contributed by atoms with van der Waals surface area (Å²) in [6.07, 6.45) is 0.950. The smallest absolute Gasteiger partial charge is 0.236 e. The maximum absolute atomic E-state index is 11.3. The Bertz CT molecular complexity index is 816. The minimum atomic E-state index is -0.267. The predicted octanol–water partition coefficient (Wildman–Crippen LogP) is 4.15. The zero-order chi connectivity index (χ0) is 20.5. The molecule has 0 saturated carbocycles. The molecule has 0 saturated heterocycles. The van der Waals surface area contributed by atoms with Crippen molar-refractivity contribution in [2.24, 2.45) is 10.2 Å². The van der Waals surface area contributed by atoms with Crippen molar-refractivity contribution < 1.29 is 9.59 Å². The van der Waals surface area contributed by atoms with E-state index >= 15 is 0 Å². The van der Waals surface area contributed by atoms with Crippen molar-refractivity contribution in [3.05, 3.63) is 69.7 Å². The molecule has 0 radical (unpaired) electrons. The van der Waals surface area contributed by atoms with Crippen LogP contribution in [0.15, 0.2) is 58.7 Å². The quantitative estimate of drug-likeness (QED) is 0.522. The van der Waals surface area contributed by atoms with Gasteiger partial charge >= 0.3 is 0 Å². The highest BCUT2D eigenvalue weighted by atomic mass is 35.5. The maximum Gasteiger partial charge on any atom is 0.236 e. The minimum Gasteiger partial charge on any atom is -0.274 e. The van der Waals surface area contributed by atoms with Crippen LogP contribution in [0.2, 0.25) is 10.0 Å². The molecule has 2 aromatic carbocycles. The van der Waals surface area contributed by atoms with Gasteiger partial charge < -0.3 is 0 Å². The van der Waals surface area contributed by atoms with Crippen LogP contribution in [0.4, 0.5) is 0 Å². The minimum absolute atomic E-state index is 0.267. The summed E-state index contributed by atoms with van der Waals surface area (Å²) >= 11 is 11.9. The van der Waals surface area contributed by atoms with Crippen molar-refractivity contribution in [2.75, 3.05) is 0 Å². The predicted molar refractivity (Wildman–Crippen MR) is 113 cm³/mol. The molecule has 0 unspecified atom stereocenters.